The van der Waals surface area contributed by atoms with E-state index in [1.54, 1.807) is 0 Å². The fourth-order valence-corrected chi connectivity index (χ4v) is 3.29. The molecular weight excluding hydrogens is 298 g/mol. The second-order valence-electron chi connectivity index (χ2n) is 6.62. The molecular formula is C20H29N3O. The number of benzene rings is 1. The van der Waals surface area contributed by atoms with Crippen LogP contribution in [0.4, 0.5) is 0 Å². The van der Waals surface area contributed by atoms with Gasteiger partial charge >= 0.3 is 0 Å². The first-order chi connectivity index (χ1) is 11.7. The van der Waals surface area contributed by atoms with Crippen molar-refractivity contribution in [2.24, 2.45) is 0 Å². The highest BCUT2D eigenvalue weighted by Crippen LogP contribution is 2.21. The van der Waals surface area contributed by atoms with Crippen LogP contribution in [0.3, 0.4) is 0 Å². The highest BCUT2D eigenvalue weighted by molar-refractivity contribution is 5.37. The van der Waals surface area contributed by atoms with Crippen molar-refractivity contribution in [1.29, 1.82) is 0 Å². The number of aryl methyl sites for hydroxylation is 1. The highest BCUT2D eigenvalue weighted by Gasteiger charge is 2.14. The van der Waals surface area contributed by atoms with Gasteiger partial charge in [0.1, 0.15) is 5.75 Å². The molecule has 1 aromatic carbocycles. The molecule has 0 unspecified atom stereocenters. The minimum atomic E-state index is 0.589. The summed E-state index contributed by atoms with van der Waals surface area (Å²) in [5.41, 5.74) is 3.71. The van der Waals surface area contributed by atoms with Gasteiger partial charge in [-0.3, -0.25) is 0 Å². The first-order valence-electron chi connectivity index (χ1n) is 9.06. The van der Waals surface area contributed by atoms with Crippen molar-refractivity contribution in [3.05, 3.63) is 53.4 Å². The normalized spacial score (nSPS) is 18.4. The van der Waals surface area contributed by atoms with Gasteiger partial charge in [0.05, 0.1) is 12.3 Å². The summed E-state index contributed by atoms with van der Waals surface area (Å²) >= 11 is 0. The molecule has 3 rings (SSSR count). The summed E-state index contributed by atoms with van der Waals surface area (Å²) in [7, 11) is 0. The van der Waals surface area contributed by atoms with Gasteiger partial charge < -0.3 is 20.3 Å². The quantitative estimate of drug-likeness (QED) is 0.842. The van der Waals surface area contributed by atoms with Gasteiger partial charge in [-0.25, -0.2) is 0 Å². The molecule has 0 saturated carbocycles. The molecule has 0 spiro atoms. The summed E-state index contributed by atoms with van der Waals surface area (Å²) in [6, 6.07) is 7.11. The molecule has 1 fully saturated rings. The molecule has 2 aliphatic heterocycles. The summed E-state index contributed by atoms with van der Waals surface area (Å²) < 4.78 is 5.72. The maximum absolute atomic E-state index is 5.72. The van der Waals surface area contributed by atoms with E-state index < -0.39 is 0 Å². The van der Waals surface area contributed by atoms with Crippen LogP contribution in [0.25, 0.3) is 0 Å². The average Bonchev–Trinajstić information content (AvgIpc) is 2.59. The van der Waals surface area contributed by atoms with Crippen LogP contribution in [0.1, 0.15) is 30.9 Å². The highest BCUT2D eigenvalue weighted by atomic mass is 16.5. The van der Waals surface area contributed by atoms with Gasteiger partial charge in [0.25, 0.3) is 0 Å². The monoisotopic (exact) mass is 327 g/mol. The van der Waals surface area contributed by atoms with Gasteiger partial charge in [0.15, 0.2) is 0 Å². The van der Waals surface area contributed by atoms with Crippen LogP contribution >= 0.6 is 0 Å². The average molecular weight is 327 g/mol. The van der Waals surface area contributed by atoms with E-state index in [9.17, 15) is 0 Å². The van der Waals surface area contributed by atoms with Gasteiger partial charge in [-0.15, -0.1) is 0 Å². The van der Waals surface area contributed by atoms with Crippen LogP contribution in [0.15, 0.2) is 42.2 Å². The topological polar surface area (TPSA) is 36.5 Å². The number of nitrogens with one attached hydrogen (secondary N) is 2. The second-order valence-corrected chi connectivity index (χ2v) is 6.62. The summed E-state index contributed by atoms with van der Waals surface area (Å²) in [6.45, 7) is 8.92. The Balaban J connectivity index is 1.62. The smallest absolute Gasteiger partial charge is 0.122 e. The summed E-state index contributed by atoms with van der Waals surface area (Å²) in [5, 5.41) is 7.10. The largest absolute Gasteiger partial charge is 0.494 e. The predicted octanol–water partition coefficient (Wildman–Crippen LogP) is 2.95. The third-order valence-corrected chi connectivity index (χ3v) is 4.61. The minimum Gasteiger partial charge on any atom is -0.494 e. The molecule has 0 aliphatic carbocycles. The SMILES string of the molecule is CCOc1cc(CN2C=C(NC3CCNCC3)C=CC2)ccc1C. The molecule has 1 aromatic rings. The number of rotatable bonds is 6. The number of allylic oxidation sites excluding steroid dienone is 1. The Labute approximate surface area is 145 Å². The standard InChI is InChI=1S/C20H29N3O/c1-3-24-20-13-17(7-6-16(20)2)14-23-12-4-5-19(15-23)22-18-8-10-21-11-9-18/h4-7,13,15,18,21-22H,3,8-12,14H2,1-2H3. The zero-order valence-electron chi connectivity index (χ0n) is 14.8. The third kappa shape index (κ3) is 4.54. The molecule has 130 valence electrons. The first-order valence-corrected chi connectivity index (χ1v) is 9.06. The molecule has 24 heavy (non-hydrogen) atoms. The Morgan fingerprint density at radius 3 is 2.92 bits per heavy atom. The molecule has 2 N–H and O–H groups in total. The lowest BCUT2D eigenvalue weighted by Gasteiger charge is -2.29. The lowest BCUT2D eigenvalue weighted by Crippen LogP contribution is -2.40. The first kappa shape index (κ1) is 16.9. The fraction of sp³-hybridized carbons (Fsp3) is 0.500. The molecule has 0 amide bonds. The molecule has 0 aromatic heterocycles. The maximum atomic E-state index is 5.72. The summed E-state index contributed by atoms with van der Waals surface area (Å²) in [6.07, 6.45) is 9.09. The Hall–Kier alpha value is -1.94. The van der Waals surface area contributed by atoms with Crippen molar-refractivity contribution < 1.29 is 4.74 Å². The zero-order chi connectivity index (χ0) is 16.8. The zero-order valence-corrected chi connectivity index (χ0v) is 14.8. The Kier molecular flexibility index (Phi) is 5.81. The van der Waals surface area contributed by atoms with Gasteiger partial charge in [-0.1, -0.05) is 18.2 Å². The molecule has 2 heterocycles. The van der Waals surface area contributed by atoms with E-state index in [-0.39, 0.29) is 0 Å². The van der Waals surface area contributed by atoms with E-state index in [2.05, 4.69) is 59.0 Å². The maximum Gasteiger partial charge on any atom is 0.122 e. The van der Waals surface area contributed by atoms with Crippen LogP contribution in [0, 0.1) is 6.92 Å². The molecule has 0 radical (unpaired) electrons. The minimum absolute atomic E-state index is 0.589. The predicted molar refractivity (Wildman–Crippen MR) is 99.0 cm³/mol. The van der Waals surface area contributed by atoms with Crippen molar-refractivity contribution in [3.63, 3.8) is 0 Å². The van der Waals surface area contributed by atoms with Gasteiger partial charge in [0.2, 0.25) is 0 Å². The van der Waals surface area contributed by atoms with Crippen LogP contribution in [-0.2, 0) is 6.54 Å². The van der Waals surface area contributed by atoms with Gasteiger partial charge in [-0.2, -0.15) is 0 Å². The van der Waals surface area contributed by atoms with Crippen molar-refractivity contribution in [3.8, 4) is 5.75 Å². The summed E-state index contributed by atoms with van der Waals surface area (Å²) in [4.78, 5) is 2.35. The molecule has 0 atom stereocenters. The lowest BCUT2D eigenvalue weighted by molar-refractivity contribution is 0.336. The van der Waals surface area contributed by atoms with Crippen LogP contribution in [-0.4, -0.2) is 37.2 Å². The molecule has 2 aliphatic rings. The molecule has 0 bridgehead atoms. The van der Waals surface area contributed by atoms with E-state index in [0.29, 0.717) is 12.6 Å². The van der Waals surface area contributed by atoms with Crippen LogP contribution < -0.4 is 15.4 Å². The summed E-state index contributed by atoms with van der Waals surface area (Å²) in [5.74, 6) is 1.000. The van der Waals surface area contributed by atoms with E-state index in [0.717, 1.165) is 31.9 Å². The van der Waals surface area contributed by atoms with Gasteiger partial charge in [0, 0.05) is 25.3 Å². The van der Waals surface area contributed by atoms with Crippen molar-refractivity contribution in [2.45, 2.75) is 39.3 Å². The Morgan fingerprint density at radius 1 is 1.29 bits per heavy atom. The van der Waals surface area contributed by atoms with E-state index in [1.165, 1.54) is 29.7 Å². The van der Waals surface area contributed by atoms with Crippen molar-refractivity contribution >= 4 is 0 Å². The molecule has 4 heteroatoms. The van der Waals surface area contributed by atoms with Crippen LogP contribution in [0.5, 0.6) is 5.75 Å². The number of hydrogen-bond acceptors (Lipinski definition) is 4. The number of hydrogen-bond donors (Lipinski definition) is 2. The molecule has 4 nitrogen and oxygen atoms in total. The van der Waals surface area contributed by atoms with E-state index in [4.69, 9.17) is 4.74 Å². The van der Waals surface area contributed by atoms with Crippen molar-refractivity contribution in [2.75, 3.05) is 26.2 Å². The third-order valence-electron chi connectivity index (χ3n) is 4.61. The second kappa shape index (κ2) is 8.25. The Bertz CT molecular complexity index is 603. The van der Waals surface area contributed by atoms with E-state index in [1.807, 2.05) is 6.92 Å². The fourth-order valence-electron chi connectivity index (χ4n) is 3.29. The number of nitrogens with zero attached hydrogens (tertiary/aromatic N) is 1. The Morgan fingerprint density at radius 2 is 2.12 bits per heavy atom. The number of piperidine rings is 1. The van der Waals surface area contributed by atoms with Crippen LogP contribution in [0.2, 0.25) is 0 Å². The van der Waals surface area contributed by atoms with Crippen molar-refractivity contribution in [1.82, 2.24) is 15.5 Å². The van der Waals surface area contributed by atoms with Gasteiger partial charge in [-0.05, 0) is 63.0 Å². The lowest BCUT2D eigenvalue weighted by atomic mass is 10.1. The van der Waals surface area contributed by atoms with E-state index >= 15 is 0 Å². The number of ether oxygens (including phenoxy) is 1. The molecule has 1 saturated heterocycles.